The number of carbonyl (C=O) groups is 3. The average molecular weight is 471 g/mol. The molecule has 0 heterocycles. The van der Waals surface area contributed by atoms with Crippen LogP contribution in [-0.2, 0) is 9.53 Å². The molecule has 0 aliphatic heterocycles. The summed E-state index contributed by atoms with van der Waals surface area (Å²) in [6, 6.07) is 22.4. The molecule has 178 valence electrons. The van der Waals surface area contributed by atoms with E-state index in [0.29, 0.717) is 18.5 Å². The number of aliphatic carboxylic acids is 1. The van der Waals surface area contributed by atoms with Crippen LogP contribution in [0.25, 0.3) is 11.1 Å². The summed E-state index contributed by atoms with van der Waals surface area (Å²) in [5, 5.41) is 14.9. The molecule has 1 saturated carbocycles. The molecule has 35 heavy (non-hydrogen) atoms. The number of para-hydroxylation sites is 1. The zero-order valence-corrected chi connectivity index (χ0v) is 19.1. The van der Waals surface area contributed by atoms with Gasteiger partial charge in [0.1, 0.15) is 6.61 Å². The lowest BCUT2D eigenvalue weighted by atomic mass is 9.98. The number of anilines is 1. The third kappa shape index (κ3) is 4.49. The minimum absolute atomic E-state index is 0.0676. The lowest BCUT2D eigenvalue weighted by Gasteiger charge is -2.19. The van der Waals surface area contributed by atoms with Crippen molar-refractivity contribution >= 4 is 23.7 Å². The van der Waals surface area contributed by atoms with Gasteiger partial charge in [-0.3, -0.25) is 14.9 Å². The maximum absolute atomic E-state index is 12.9. The molecule has 1 fully saturated rings. The fourth-order valence-corrected chi connectivity index (χ4v) is 5.21. The van der Waals surface area contributed by atoms with E-state index in [1.165, 1.54) is 0 Å². The van der Waals surface area contributed by atoms with Gasteiger partial charge >= 0.3 is 12.1 Å². The lowest BCUT2D eigenvalue weighted by Crippen LogP contribution is -2.40. The first kappa shape index (κ1) is 22.7. The predicted octanol–water partition coefficient (Wildman–Crippen LogP) is 5.03. The monoisotopic (exact) mass is 470 g/mol. The van der Waals surface area contributed by atoms with Crippen LogP contribution >= 0.6 is 0 Å². The van der Waals surface area contributed by atoms with Crippen molar-refractivity contribution in [3.05, 3.63) is 89.5 Å². The summed E-state index contributed by atoms with van der Waals surface area (Å²) in [6.07, 6.45) is 1.25. The Morgan fingerprint density at radius 3 is 2.17 bits per heavy atom. The minimum Gasteiger partial charge on any atom is -0.481 e. The van der Waals surface area contributed by atoms with Gasteiger partial charge in [0, 0.05) is 12.0 Å². The molecule has 7 heteroatoms. The van der Waals surface area contributed by atoms with E-state index < -0.39 is 29.9 Å². The summed E-state index contributed by atoms with van der Waals surface area (Å²) in [6.45, 7) is 0.163. The highest BCUT2D eigenvalue weighted by molar-refractivity contribution is 6.03. The second kappa shape index (κ2) is 9.62. The third-order valence-corrected chi connectivity index (χ3v) is 6.90. The molecule has 0 spiro atoms. The van der Waals surface area contributed by atoms with Gasteiger partial charge in [-0.15, -0.1) is 0 Å². The van der Waals surface area contributed by atoms with Crippen LogP contribution in [-0.4, -0.2) is 35.7 Å². The summed E-state index contributed by atoms with van der Waals surface area (Å²) >= 11 is 0. The van der Waals surface area contributed by atoms with Gasteiger partial charge in [-0.2, -0.15) is 0 Å². The first-order valence-corrected chi connectivity index (χ1v) is 11.8. The number of hydrogen-bond acceptors (Lipinski definition) is 4. The number of fused-ring (bicyclic) bond motifs is 3. The Balaban J connectivity index is 1.26. The highest BCUT2D eigenvalue weighted by Crippen LogP contribution is 2.44. The normalized spacial score (nSPS) is 18.4. The molecule has 2 aliphatic carbocycles. The van der Waals surface area contributed by atoms with Crippen LogP contribution in [0.5, 0.6) is 0 Å². The molecule has 2 aliphatic rings. The molecule has 0 bridgehead atoms. The van der Waals surface area contributed by atoms with Crippen molar-refractivity contribution in [1.29, 1.82) is 0 Å². The predicted molar refractivity (Wildman–Crippen MR) is 131 cm³/mol. The summed E-state index contributed by atoms with van der Waals surface area (Å²) in [4.78, 5) is 37.1. The number of carbonyl (C=O) groups excluding carboxylic acids is 2. The smallest absolute Gasteiger partial charge is 0.411 e. The Labute approximate surface area is 203 Å². The van der Waals surface area contributed by atoms with Gasteiger partial charge in [0.15, 0.2) is 0 Å². The molecule has 0 radical (unpaired) electrons. The Bertz CT molecular complexity index is 1240. The quantitative estimate of drug-likeness (QED) is 0.469. The summed E-state index contributed by atoms with van der Waals surface area (Å²) in [5.41, 5.74) is 5.09. The Morgan fingerprint density at radius 2 is 1.49 bits per heavy atom. The molecule has 2 unspecified atom stereocenters. The van der Waals surface area contributed by atoms with Gasteiger partial charge in [0.2, 0.25) is 0 Å². The van der Waals surface area contributed by atoms with E-state index in [4.69, 9.17) is 4.74 Å². The maximum atomic E-state index is 12.9. The van der Waals surface area contributed by atoms with Crippen LogP contribution in [0.15, 0.2) is 72.8 Å². The summed E-state index contributed by atoms with van der Waals surface area (Å²) in [5.74, 6) is -1.99. The zero-order valence-electron chi connectivity index (χ0n) is 19.1. The second-order valence-corrected chi connectivity index (χ2v) is 8.95. The molecule has 0 saturated heterocycles. The Morgan fingerprint density at radius 1 is 0.857 bits per heavy atom. The van der Waals surface area contributed by atoms with E-state index >= 15 is 0 Å². The number of ether oxygens (including phenoxy) is 1. The van der Waals surface area contributed by atoms with Gasteiger partial charge in [0.25, 0.3) is 5.91 Å². The van der Waals surface area contributed by atoms with E-state index in [1.807, 2.05) is 36.4 Å². The highest BCUT2D eigenvalue weighted by atomic mass is 16.5. The number of rotatable bonds is 6. The van der Waals surface area contributed by atoms with Gasteiger partial charge < -0.3 is 15.2 Å². The molecule has 3 aromatic carbocycles. The molecular weight excluding hydrogens is 444 g/mol. The van der Waals surface area contributed by atoms with Crippen molar-refractivity contribution in [2.24, 2.45) is 5.92 Å². The standard InChI is InChI=1S/C28H26N2O5/c31-26(29-25-15-7-13-22(25)27(32)33)21-12-5-6-14-24(21)30-28(34)35-16-23-19-10-3-1-8-17(19)18-9-2-4-11-20(18)23/h1-6,8-12,14,22-23,25H,7,13,15-16H2,(H,29,31)(H,30,34)(H,32,33). The molecule has 3 N–H and O–H groups in total. The van der Waals surface area contributed by atoms with Crippen LogP contribution < -0.4 is 10.6 Å². The molecule has 2 atom stereocenters. The molecular formula is C28H26N2O5. The third-order valence-electron chi connectivity index (χ3n) is 6.90. The van der Waals surface area contributed by atoms with Crippen molar-refractivity contribution in [2.75, 3.05) is 11.9 Å². The van der Waals surface area contributed by atoms with Crippen LogP contribution in [0.1, 0.15) is 46.7 Å². The number of carboxylic acid groups (broad SMARTS) is 1. The van der Waals surface area contributed by atoms with E-state index in [1.54, 1.807) is 24.3 Å². The lowest BCUT2D eigenvalue weighted by molar-refractivity contribution is -0.142. The number of benzene rings is 3. The van der Waals surface area contributed by atoms with Gasteiger partial charge in [-0.1, -0.05) is 67.1 Å². The van der Waals surface area contributed by atoms with E-state index in [2.05, 4.69) is 22.8 Å². The van der Waals surface area contributed by atoms with Crippen molar-refractivity contribution in [3.8, 4) is 11.1 Å². The van der Waals surface area contributed by atoms with Crippen LogP contribution in [0.2, 0.25) is 0 Å². The fourth-order valence-electron chi connectivity index (χ4n) is 5.21. The fraction of sp³-hybridized carbons (Fsp3) is 0.250. The maximum Gasteiger partial charge on any atom is 0.411 e. The average Bonchev–Trinajstić information content (AvgIpc) is 3.46. The zero-order chi connectivity index (χ0) is 24.4. The number of nitrogens with one attached hydrogen (secondary N) is 2. The van der Waals surface area contributed by atoms with E-state index in [-0.39, 0.29) is 18.1 Å². The van der Waals surface area contributed by atoms with E-state index in [9.17, 15) is 19.5 Å². The molecule has 5 rings (SSSR count). The van der Waals surface area contributed by atoms with Crippen LogP contribution in [0.4, 0.5) is 10.5 Å². The van der Waals surface area contributed by atoms with Crippen molar-refractivity contribution in [3.63, 3.8) is 0 Å². The minimum atomic E-state index is -0.905. The van der Waals surface area contributed by atoms with E-state index in [0.717, 1.165) is 28.7 Å². The molecule has 2 amide bonds. The molecule has 3 aromatic rings. The van der Waals surface area contributed by atoms with Crippen molar-refractivity contribution in [2.45, 2.75) is 31.2 Å². The van der Waals surface area contributed by atoms with Crippen molar-refractivity contribution in [1.82, 2.24) is 5.32 Å². The Kier molecular flexibility index (Phi) is 6.23. The SMILES string of the molecule is O=C(Nc1ccccc1C(=O)NC1CCCC1C(=O)O)OCC1c2ccccc2-c2ccccc21. The largest absolute Gasteiger partial charge is 0.481 e. The molecule has 0 aromatic heterocycles. The second-order valence-electron chi connectivity index (χ2n) is 8.95. The van der Waals surface area contributed by atoms with Crippen LogP contribution in [0.3, 0.4) is 0 Å². The first-order chi connectivity index (χ1) is 17.0. The summed E-state index contributed by atoms with van der Waals surface area (Å²) < 4.78 is 5.60. The number of amides is 2. The van der Waals surface area contributed by atoms with Crippen molar-refractivity contribution < 1.29 is 24.2 Å². The number of hydrogen-bond donors (Lipinski definition) is 3. The topological polar surface area (TPSA) is 105 Å². The highest BCUT2D eigenvalue weighted by Gasteiger charge is 2.34. The van der Waals surface area contributed by atoms with Gasteiger partial charge in [-0.05, 0) is 47.2 Å². The molecule has 7 nitrogen and oxygen atoms in total. The first-order valence-electron chi connectivity index (χ1n) is 11.8. The van der Waals surface area contributed by atoms with Gasteiger partial charge in [0.05, 0.1) is 17.2 Å². The Hall–Kier alpha value is -4.13. The van der Waals surface area contributed by atoms with Gasteiger partial charge in [-0.25, -0.2) is 4.79 Å². The summed E-state index contributed by atoms with van der Waals surface area (Å²) in [7, 11) is 0. The number of carboxylic acids is 1. The van der Waals surface area contributed by atoms with Crippen LogP contribution in [0, 0.1) is 5.92 Å².